The molecule has 2 rings (SSSR count). The van der Waals surface area contributed by atoms with Crippen LogP contribution in [0.5, 0.6) is 0 Å². The van der Waals surface area contributed by atoms with Gasteiger partial charge in [0.05, 0.1) is 5.25 Å². The van der Waals surface area contributed by atoms with E-state index in [0.717, 1.165) is 31.0 Å². The summed E-state index contributed by atoms with van der Waals surface area (Å²) in [6.45, 7) is 6.46. The molecule has 6 heteroatoms. The van der Waals surface area contributed by atoms with Gasteiger partial charge in [-0.2, -0.15) is 16.7 Å². The lowest BCUT2D eigenvalue weighted by atomic mass is 10.0. The zero-order chi connectivity index (χ0) is 14.5. The van der Waals surface area contributed by atoms with Crippen LogP contribution in [-0.4, -0.2) is 32.9 Å². The summed E-state index contributed by atoms with van der Waals surface area (Å²) in [7, 11) is 0. The van der Waals surface area contributed by atoms with Crippen molar-refractivity contribution in [1.29, 1.82) is 0 Å². The lowest BCUT2D eigenvalue weighted by Crippen LogP contribution is -2.17. The summed E-state index contributed by atoms with van der Waals surface area (Å²) in [5.74, 6) is 4.39. The van der Waals surface area contributed by atoms with Gasteiger partial charge in [-0.15, -0.1) is 11.8 Å². The summed E-state index contributed by atoms with van der Waals surface area (Å²) in [5, 5.41) is 5.15. The molecule has 1 aromatic rings. The Morgan fingerprint density at radius 2 is 2.05 bits per heavy atom. The molecule has 114 valence electrons. The Kier molecular flexibility index (Phi) is 6.23. The van der Waals surface area contributed by atoms with Gasteiger partial charge in [-0.3, -0.25) is 0 Å². The first kappa shape index (κ1) is 16.2. The molecule has 4 nitrogen and oxygen atoms in total. The first-order valence-electron chi connectivity index (χ1n) is 7.40. The topological polar surface area (TPSA) is 64.9 Å². The van der Waals surface area contributed by atoms with Gasteiger partial charge >= 0.3 is 0 Å². The van der Waals surface area contributed by atoms with Crippen molar-refractivity contribution in [3.05, 3.63) is 11.7 Å². The van der Waals surface area contributed by atoms with Crippen LogP contribution in [0.1, 0.15) is 62.9 Å². The number of thioether (sulfide) groups is 2. The van der Waals surface area contributed by atoms with Crippen LogP contribution in [0.15, 0.2) is 4.52 Å². The molecule has 1 aliphatic heterocycles. The van der Waals surface area contributed by atoms with E-state index in [2.05, 4.69) is 30.9 Å². The van der Waals surface area contributed by atoms with Crippen LogP contribution in [-0.2, 0) is 0 Å². The molecule has 0 spiro atoms. The van der Waals surface area contributed by atoms with Crippen LogP contribution < -0.4 is 5.73 Å². The minimum atomic E-state index is 0.275. The Labute approximate surface area is 130 Å². The van der Waals surface area contributed by atoms with Gasteiger partial charge in [-0.1, -0.05) is 25.4 Å². The van der Waals surface area contributed by atoms with E-state index in [4.69, 9.17) is 10.3 Å². The predicted molar refractivity (Wildman–Crippen MR) is 87.3 cm³/mol. The standard InChI is InChI=1S/C14H25N3OS2/c1-9(5-4-6-10(2)15)14-16-13(17-18-14)12-11(3)19-7-8-20-12/h9-12H,4-8,15H2,1-3H3. The van der Waals surface area contributed by atoms with E-state index in [1.165, 1.54) is 11.5 Å². The second-order valence-corrected chi connectivity index (χ2v) is 8.40. The monoisotopic (exact) mass is 315 g/mol. The van der Waals surface area contributed by atoms with E-state index in [0.29, 0.717) is 16.4 Å². The number of aromatic nitrogens is 2. The molecule has 1 fully saturated rings. The van der Waals surface area contributed by atoms with E-state index in [1.807, 2.05) is 23.5 Å². The molecule has 0 aromatic carbocycles. The van der Waals surface area contributed by atoms with Crippen molar-refractivity contribution in [1.82, 2.24) is 10.1 Å². The summed E-state index contributed by atoms with van der Waals surface area (Å²) in [5.41, 5.74) is 5.78. The molecule has 1 aromatic heterocycles. The van der Waals surface area contributed by atoms with E-state index in [9.17, 15) is 0 Å². The molecule has 0 radical (unpaired) electrons. The quantitative estimate of drug-likeness (QED) is 0.865. The number of hydrogen-bond acceptors (Lipinski definition) is 6. The Morgan fingerprint density at radius 3 is 2.75 bits per heavy atom. The van der Waals surface area contributed by atoms with Gasteiger partial charge in [0.15, 0.2) is 5.82 Å². The van der Waals surface area contributed by atoms with Gasteiger partial charge in [-0.25, -0.2) is 0 Å². The van der Waals surface area contributed by atoms with Gasteiger partial charge in [0, 0.05) is 28.7 Å². The van der Waals surface area contributed by atoms with E-state index >= 15 is 0 Å². The molecular weight excluding hydrogens is 290 g/mol. The molecule has 4 unspecified atom stereocenters. The third-order valence-electron chi connectivity index (χ3n) is 3.62. The molecule has 2 heterocycles. The Balaban J connectivity index is 1.90. The summed E-state index contributed by atoms with van der Waals surface area (Å²) in [4.78, 5) is 4.64. The highest BCUT2D eigenvalue weighted by atomic mass is 32.2. The van der Waals surface area contributed by atoms with E-state index in [-0.39, 0.29) is 6.04 Å². The molecule has 20 heavy (non-hydrogen) atoms. The van der Waals surface area contributed by atoms with Crippen molar-refractivity contribution < 1.29 is 4.52 Å². The average molecular weight is 316 g/mol. The fourth-order valence-electron chi connectivity index (χ4n) is 2.35. The van der Waals surface area contributed by atoms with Crippen LogP contribution in [0.2, 0.25) is 0 Å². The molecular formula is C14H25N3OS2. The summed E-state index contributed by atoms with van der Waals surface area (Å²) in [6, 6.07) is 0.275. The maximum absolute atomic E-state index is 5.78. The van der Waals surface area contributed by atoms with Crippen LogP contribution >= 0.6 is 23.5 Å². The van der Waals surface area contributed by atoms with Crippen molar-refractivity contribution in [3.63, 3.8) is 0 Å². The molecule has 0 aliphatic carbocycles. The van der Waals surface area contributed by atoms with Gasteiger partial charge < -0.3 is 10.3 Å². The summed E-state index contributed by atoms with van der Waals surface area (Å²) < 4.78 is 5.47. The Bertz CT molecular complexity index is 411. The second kappa shape index (κ2) is 7.71. The smallest absolute Gasteiger partial charge is 0.229 e. The Hall–Kier alpha value is -0.200. The number of nitrogens with two attached hydrogens (primary N) is 1. The predicted octanol–water partition coefficient (Wildman–Crippen LogP) is 3.60. The van der Waals surface area contributed by atoms with Crippen LogP contribution in [0.4, 0.5) is 0 Å². The number of nitrogens with zero attached hydrogens (tertiary/aromatic N) is 2. The first-order chi connectivity index (χ1) is 9.58. The van der Waals surface area contributed by atoms with Gasteiger partial charge in [0.2, 0.25) is 5.89 Å². The lowest BCUT2D eigenvalue weighted by Gasteiger charge is -2.24. The second-order valence-electron chi connectivity index (χ2n) is 5.67. The zero-order valence-electron chi connectivity index (χ0n) is 12.5. The third-order valence-corrected chi connectivity index (χ3v) is 6.70. The molecule has 0 saturated carbocycles. The van der Waals surface area contributed by atoms with Crippen LogP contribution in [0.25, 0.3) is 0 Å². The molecule has 2 N–H and O–H groups in total. The SMILES string of the molecule is CC(N)CCCC(C)c1nc(C2SCCSC2C)no1. The zero-order valence-corrected chi connectivity index (χ0v) is 14.2. The molecule has 1 saturated heterocycles. The summed E-state index contributed by atoms with van der Waals surface area (Å²) in [6.07, 6.45) is 3.23. The van der Waals surface area contributed by atoms with E-state index < -0.39 is 0 Å². The van der Waals surface area contributed by atoms with Crippen molar-refractivity contribution in [3.8, 4) is 0 Å². The fourth-order valence-corrected chi connectivity index (χ4v) is 5.03. The fraction of sp³-hybridized carbons (Fsp3) is 0.857. The van der Waals surface area contributed by atoms with E-state index in [1.54, 1.807) is 0 Å². The van der Waals surface area contributed by atoms with Gasteiger partial charge in [-0.05, 0) is 19.8 Å². The molecule has 0 amide bonds. The van der Waals surface area contributed by atoms with Crippen LogP contribution in [0, 0.1) is 0 Å². The van der Waals surface area contributed by atoms with Gasteiger partial charge in [0.25, 0.3) is 0 Å². The maximum atomic E-state index is 5.78. The summed E-state index contributed by atoms with van der Waals surface area (Å²) >= 11 is 3.95. The lowest BCUT2D eigenvalue weighted by molar-refractivity contribution is 0.345. The molecule has 4 atom stereocenters. The first-order valence-corrected chi connectivity index (χ1v) is 9.50. The molecule has 1 aliphatic rings. The van der Waals surface area contributed by atoms with Gasteiger partial charge in [0.1, 0.15) is 0 Å². The number of hydrogen-bond donors (Lipinski definition) is 1. The minimum Gasteiger partial charge on any atom is -0.339 e. The molecule has 0 bridgehead atoms. The highest BCUT2D eigenvalue weighted by Gasteiger charge is 2.29. The highest BCUT2D eigenvalue weighted by Crippen LogP contribution is 2.41. The number of rotatable bonds is 6. The minimum absolute atomic E-state index is 0.275. The van der Waals surface area contributed by atoms with Crippen LogP contribution in [0.3, 0.4) is 0 Å². The van der Waals surface area contributed by atoms with Crippen molar-refractivity contribution in [2.75, 3.05) is 11.5 Å². The highest BCUT2D eigenvalue weighted by molar-refractivity contribution is 8.06. The normalized spacial score (nSPS) is 26.4. The average Bonchev–Trinajstić information content (AvgIpc) is 2.88. The van der Waals surface area contributed by atoms with Crippen molar-refractivity contribution in [2.24, 2.45) is 5.73 Å². The largest absolute Gasteiger partial charge is 0.339 e. The maximum Gasteiger partial charge on any atom is 0.229 e. The Morgan fingerprint density at radius 1 is 1.30 bits per heavy atom. The van der Waals surface area contributed by atoms with Crippen molar-refractivity contribution >= 4 is 23.5 Å². The van der Waals surface area contributed by atoms with Crippen molar-refractivity contribution in [2.45, 2.75) is 62.5 Å². The third kappa shape index (κ3) is 4.40.